The fourth-order valence-corrected chi connectivity index (χ4v) is 2.13. The molecule has 5 nitrogen and oxygen atoms in total. The summed E-state index contributed by atoms with van der Waals surface area (Å²) >= 11 is 0. The minimum Gasteiger partial charge on any atom is -0.481 e. The molecule has 0 unspecified atom stereocenters. The van der Waals surface area contributed by atoms with Crippen molar-refractivity contribution in [3.63, 3.8) is 0 Å². The second-order valence-corrected chi connectivity index (χ2v) is 4.69. The lowest BCUT2D eigenvalue weighted by molar-refractivity contribution is -0.146. The summed E-state index contributed by atoms with van der Waals surface area (Å²) in [7, 11) is 0. The van der Waals surface area contributed by atoms with E-state index in [-0.39, 0.29) is 11.8 Å². The largest absolute Gasteiger partial charge is 0.481 e. The first-order chi connectivity index (χ1) is 8.06. The summed E-state index contributed by atoms with van der Waals surface area (Å²) in [5.41, 5.74) is 5.82. The standard InChI is InChI=1S/C12H22N2O3/c1-2-3-4-10(13)11(15)14-7-5-9(6-8-14)12(16)17/h9-10H,2-8,13H2,1H3,(H,16,17)/t10-/m0/s1. The van der Waals surface area contributed by atoms with Gasteiger partial charge in [-0.1, -0.05) is 19.8 Å². The van der Waals surface area contributed by atoms with E-state index in [1.54, 1.807) is 4.90 Å². The number of amides is 1. The van der Waals surface area contributed by atoms with E-state index in [0.717, 1.165) is 12.8 Å². The maximum atomic E-state index is 11.9. The molecule has 1 aliphatic rings. The highest BCUT2D eigenvalue weighted by molar-refractivity contribution is 5.82. The van der Waals surface area contributed by atoms with Crippen molar-refractivity contribution in [3.05, 3.63) is 0 Å². The van der Waals surface area contributed by atoms with Crippen LogP contribution >= 0.6 is 0 Å². The van der Waals surface area contributed by atoms with Crippen LogP contribution in [0.2, 0.25) is 0 Å². The Morgan fingerprint density at radius 2 is 2.00 bits per heavy atom. The van der Waals surface area contributed by atoms with Gasteiger partial charge in [0.2, 0.25) is 5.91 Å². The normalized spacial score (nSPS) is 19.1. The first-order valence-corrected chi connectivity index (χ1v) is 6.33. The lowest BCUT2D eigenvalue weighted by Crippen LogP contribution is -2.47. The molecule has 98 valence electrons. The van der Waals surface area contributed by atoms with Crippen LogP contribution in [-0.2, 0) is 9.59 Å². The lowest BCUT2D eigenvalue weighted by atomic mass is 9.96. The van der Waals surface area contributed by atoms with Gasteiger partial charge in [-0.2, -0.15) is 0 Å². The molecule has 1 aliphatic heterocycles. The number of rotatable bonds is 5. The van der Waals surface area contributed by atoms with Crippen molar-refractivity contribution in [1.29, 1.82) is 0 Å². The van der Waals surface area contributed by atoms with E-state index in [1.807, 2.05) is 0 Å². The van der Waals surface area contributed by atoms with Crippen LogP contribution in [0.5, 0.6) is 0 Å². The number of likely N-dealkylation sites (tertiary alicyclic amines) is 1. The summed E-state index contributed by atoms with van der Waals surface area (Å²) in [4.78, 5) is 24.4. The van der Waals surface area contributed by atoms with Crippen LogP contribution in [-0.4, -0.2) is 41.0 Å². The minimum atomic E-state index is -0.757. The molecule has 0 radical (unpaired) electrons. The number of unbranched alkanes of at least 4 members (excludes halogenated alkanes) is 1. The minimum absolute atomic E-state index is 0.0257. The number of nitrogens with two attached hydrogens (primary N) is 1. The van der Waals surface area contributed by atoms with Gasteiger partial charge in [0.25, 0.3) is 0 Å². The molecule has 3 N–H and O–H groups in total. The van der Waals surface area contributed by atoms with Crippen LogP contribution in [0.1, 0.15) is 39.0 Å². The highest BCUT2D eigenvalue weighted by Crippen LogP contribution is 2.18. The Balaban J connectivity index is 2.37. The van der Waals surface area contributed by atoms with Gasteiger partial charge in [0.05, 0.1) is 12.0 Å². The second kappa shape index (κ2) is 6.59. The molecule has 1 amide bonds. The number of hydrogen-bond donors (Lipinski definition) is 2. The van der Waals surface area contributed by atoms with Gasteiger partial charge in [-0.15, -0.1) is 0 Å². The first-order valence-electron chi connectivity index (χ1n) is 6.33. The van der Waals surface area contributed by atoms with Crippen LogP contribution in [0.15, 0.2) is 0 Å². The number of nitrogens with zero attached hydrogens (tertiary/aromatic N) is 1. The number of carbonyl (C=O) groups is 2. The lowest BCUT2D eigenvalue weighted by Gasteiger charge is -2.31. The van der Waals surface area contributed by atoms with Gasteiger partial charge >= 0.3 is 5.97 Å². The van der Waals surface area contributed by atoms with Crippen molar-refractivity contribution in [1.82, 2.24) is 4.90 Å². The number of piperidine rings is 1. The van der Waals surface area contributed by atoms with E-state index in [9.17, 15) is 9.59 Å². The molecule has 1 heterocycles. The summed E-state index contributed by atoms with van der Waals surface area (Å²) in [5, 5.41) is 8.86. The van der Waals surface area contributed by atoms with E-state index in [2.05, 4.69) is 6.92 Å². The summed E-state index contributed by atoms with van der Waals surface area (Å²) in [6.45, 7) is 3.11. The molecule has 0 aromatic heterocycles. The monoisotopic (exact) mass is 242 g/mol. The molecular weight excluding hydrogens is 220 g/mol. The zero-order chi connectivity index (χ0) is 12.8. The molecule has 0 aromatic carbocycles. The molecule has 1 saturated heterocycles. The molecule has 1 atom stereocenters. The molecule has 1 rings (SSSR count). The summed E-state index contributed by atoms with van der Waals surface area (Å²) in [6.07, 6.45) is 3.79. The SMILES string of the molecule is CCCC[C@H](N)C(=O)N1CCC(C(=O)O)CC1. The average molecular weight is 242 g/mol. The van der Waals surface area contributed by atoms with Crippen molar-refractivity contribution < 1.29 is 14.7 Å². The number of hydrogen-bond acceptors (Lipinski definition) is 3. The smallest absolute Gasteiger partial charge is 0.306 e. The van der Waals surface area contributed by atoms with Gasteiger partial charge in [-0.25, -0.2) is 0 Å². The molecular formula is C12H22N2O3. The fourth-order valence-electron chi connectivity index (χ4n) is 2.13. The quantitative estimate of drug-likeness (QED) is 0.748. The van der Waals surface area contributed by atoms with Crippen molar-refractivity contribution in [2.75, 3.05) is 13.1 Å². The molecule has 1 fully saturated rings. The molecule has 5 heteroatoms. The Morgan fingerprint density at radius 1 is 1.41 bits per heavy atom. The van der Waals surface area contributed by atoms with E-state index in [4.69, 9.17) is 10.8 Å². The summed E-state index contributed by atoms with van der Waals surface area (Å²) in [6, 6.07) is -0.420. The zero-order valence-corrected chi connectivity index (χ0v) is 10.4. The predicted molar refractivity (Wildman–Crippen MR) is 64.4 cm³/mol. The van der Waals surface area contributed by atoms with Gasteiger partial charge < -0.3 is 15.7 Å². The third-order valence-corrected chi connectivity index (χ3v) is 3.34. The third kappa shape index (κ3) is 4.00. The molecule has 0 aliphatic carbocycles. The Bertz CT molecular complexity index is 273. The van der Waals surface area contributed by atoms with E-state index in [0.29, 0.717) is 32.4 Å². The highest BCUT2D eigenvalue weighted by atomic mass is 16.4. The maximum Gasteiger partial charge on any atom is 0.306 e. The molecule has 0 saturated carbocycles. The summed E-state index contributed by atoms with van der Waals surface area (Å²) in [5.74, 6) is -1.08. The van der Waals surface area contributed by atoms with E-state index >= 15 is 0 Å². The highest BCUT2D eigenvalue weighted by Gasteiger charge is 2.28. The molecule has 0 spiro atoms. The number of carboxylic acids is 1. The zero-order valence-electron chi connectivity index (χ0n) is 10.4. The predicted octanol–water partition coefficient (Wildman–Crippen LogP) is 0.827. The Kier molecular flexibility index (Phi) is 5.41. The molecule has 0 bridgehead atoms. The van der Waals surface area contributed by atoms with Crippen molar-refractivity contribution >= 4 is 11.9 Å². The molecule has 17 heavy (non-hydrogen) atoms. The van der Waals surface area contributed by atoms with Gasteiger partial charge in [0.15, 0.2) is 0 Å². The van der Waals surface area contributed by atoms with E-state index in [1.165, 1.54) is 0 Å². The van der Waals surface area contributed by atoms with Crippen LogP contribution in [0.3, 0.4) is 0 Å². The van der Waals surface area contributed by atoms with Crippen LogP contribution in [0.4, 0.5) is 0 Å². The Morgan fingerprint density at radius 3 is 2.47 bits per heavy atom. The van der Waals surface area contributed by atoms with Crippen LogP contribution < -0.4 is 5.73 Å². The Hall–Kier alpha value is -1.10. The van der Waals surface area contributed by atoms with Crippen LogP contribution in [0, 0.1) is 5.92 Å². The van der Waals surface area contributed by atoms with Crippen molar-refractivity contribution in [2.45, 2.75) is 45.1 Å². The summed E-state index contributed by atoms with van der Waals surface area (Å²) < 4.78 is 0. The fraction of sp³-hybridized carbons (Fsp3) is 0.833. The van der Waals surface area contributed by atoms with Crippen molar-refractivity contribution in [3.8, 4) is 0 Å². The van der Waals surface area contributed by atoms with Gasteiger partial charge in [0.1, 0.15) is 0 Å². The van der Waals surface area contributed by atoms with Crippen molar-refractivity contribution in [2.24, 2.45) is 11.7 Å². The van der Waals surface area contributed by atoms with Gasteiger partial charge in [0, 0.05) is 13.1 Å². The maximum absolute atomic E-state index is 11.9. The molecule has 0 aromatic rings. The number of aliphatic carboxylic acids is 1. The third-order valence-electron chi connectivity index (χ3n) is 3.34. The number of carboxylic acid groups (broad SMARTS) is 1. The van der Waals surface area contributed by atoms with Gasteiger partial charge in [-0.3, -0.25) is 9.59 Å². The van der Waals surface area contributed by atoms with Crippen LogP contribution in [0.25, 0.3) is 0 Å². The van der Waals surface area contributed by atoms with E-state index < -0.39 is 12.0 Å². The Labute approximate surface area is 102 Å². The first kappa shape index (κ1) is 14.0. The topological polar surface area (TPSA) is 83.6 Å². The van der Waals surface area contributed by atoms with Gasteiger partial charge in [-0.05, 0) is 19.3 Å². The number of carbonyl (C=O) groups excluding carboxylic acids is 1. The average Bonchev–Trinajstić information content (AvgIpc) is 2.35. The second-order valence-electron chi connectivity index (χ2n) is 4.69.